The molecule has 1 heterocycles. The van der Waals surface area contributed by atoms with Crippen LogP contribution >= 0.6 is 0 Å². The van der Waals surface area contributed by atoms with E-state index in [4.69, 9.17) is 4.74 Å². The Hall–Kier alpha value is -2.09. The van der Waals surface area contributed by atoms with E-state index >= 15 is 0 Å². The van der Waals surface area contributed by atoms with E-state index in [2.05, 4.69) is 9.82 Å². The number of hydrogen-bond donors (Lipinski definition) is 1. The van der Waals surface area contributed by atoms with Crippen LogP contribution in [0.1, 0.15) is 19.5 Å². The lowest BCUT2D eigenvalue weighted by Crippen LogP contribution is -2.20. The standard InChI is InChI=1S/C15H20FN3O3S/c1-10(2)9-23(20,21)18-14-11(3)17-19(4)15(14)22-13-7-5-6-12(16)8-13/h5-8,10,18H,9H2,1-4H3. The van der Waals surface area contributed by atoms with E-state index in [1.165, 1.54) is 22.9 Å². The third-order valence-corrected chi connectivity index (χ3v) is 4.61. The quantitative estimate of drug-likeness (QED) is 0.876. The summed E-state index contributed by atoms with van der Waals surface area (Å²) in [6.45, 7) is 5.31. The van der Waals surface area contributed by atoms with E-state index in [9.17, 15) is 12.8 Å². The summed E-state index contributed by atoms with van der Waals surface area (Å²) < 4.78 is 47.2. The molecule has 0 bridgehead atoms. The van der Waals surface area contributed by atoms with Gasteiger partial charge in [0.1, 0.15) is 17.3 Å². The molecule has 6 nitrogen and oxygen atoms in total. The monoisotopic (exact) mass is 341 g/mol. The summed E-state index contributed by atoms with van der Waals surface area (Å²) >= 11 is 0. The first-order valence-corrected chi connectivity index (χ1v) is 8.80. The fourth-order valence-corrected chi connectivity index (χ4v) is 3.66. The molecule has 0 saturated carbocycles. The van der Waals surface area contributed by atoms with E-state index in [1.807, 2.05) is 13.8 Å². The summed E-state index contributed by atoms with van der Waals surface area (Å²) in [5.74, 6) is -0.000996. The first-order chi connectivity index (χ1) is 10.7. The van der Waals surface area contributed by atoms with Crippen LogP contribution in [0, 0.1) is 18.7 Å². The van der Waals surface area contributed by atoms with Crippen molar-refractivity contribution in [3.63, 3.8) is 0 Å². The predicted molar refractivity (Wildman–Crippen MR) is 86.7 cm³/mol. The Kier molecular flexibility index (Phi) is 4.93. The number of hydrogen-bond acceptors (Lipinski definition) is 4. The predicted octanol–water partition coefficient (Wildman–Crippen LogP) is 3.06. The second-order valence-electron chi connectivity index (χ2n) is 5.73. The Morgan fingerprint density at radius 3 is 2.70 bits per heavy atom. The van der Waals surface area contributed by atoms with Crippen molar-refractivity contribution in [2.24, 2.45) is 13.0 Å². The van der Waals surface area contributed by atoms with Crippen LogP contribution < -0.4 is 9.46 Å². The Labute approximate surface area is 135 Å². The number of sulfonamides is 1. The van der Waals surface area contributed by atoms with Gasteiger partial charge in [-0.3, -0.25) is 4.72 Å². The van der Waals surface area contributed by atoms with Crippen LogP contribution in [0.4, 0.5) is 10.1 Å². The summed E-state index contributed by atoms with van der Waals surface area (Å²) in [6, 6.07) is 5.61. The molecule has 0 saturated heterocycles. The molecule has 2 rings (SSSR count). The molecule has 126 valence electrons. The third-order valence-electron chi connectivity index (χ3n) is 2.99. The lowest BCUT2D eigenvalue weighted by Gasteiger charge is -2.12. The number of halogens is 1. The molecule has 1 aromatic carbocycles. The van der Waals surface area contributed by atoms with Crippen LogP contribution in [0.15, 0.2) is 24.3 Å². The zero-order valence-corrected chi connectivity index (χ0v) is 14.3. The fraction of sp³-hybridized carbons (Fsp3) is 0.400. The Morgan fingerprint density at radius 1 is 1.39 bits per heavy atom. The molecule has 1 aromatic heterocycles. The molecule has 0 radical (unpaired) electrons. The molecule has 0 spiro atoms. The van der Waals surface area contributed by atoms with Crippen molar-refractivity contribution < 1.29 is 17.5 Å². The Bertz CT molecular complexity index is 800. The SMILES string of the molecule is Cc1nn(C)c(Oc2cccc(F)c2)c1NS(=O)(=O)CC(C)C. The molecule has 0 fully saturated rings. The minimum absolute atomic E-state index is 0.0132. The van der Waals surface area contributed by atoms with E-state index in [-0.39, 0.29) is 29.0 Å². The van der Waals surface area contributed by atoms with Gasteiger partial charge in [0.2, 0.25) is 15.9 Å². The third kappa shape index (κ3) is 4.44. The van der Waals surface area contributed by atoms with Crippen LogP contribution in [0.3, 0.4) is 0 Å². The van der Waals surface area contributed by atoms with Gasteiger partial charge in [-0.15, -0.1) is 0 Å². The number of aryl methyl sites for hydroxylation is 2. The molecular weight excluding hydrogens is 321 g/mol. The number of nitrogens with zero attached hydrogens (tertiary/aromatic N) is 2. The van der Waals surface area contributed by atoms with Crippen LogP contribution in [0.2, 0.25) is 0 Å². The average molecular weight is 341 g/mol. The van der Waals surface area contributed by atoms with Crippen molar-refractivity contribution in [1.29, 1.82) is 0 Å². The van der Waals surface area contributed by atoms with Crippen LogP contribution in [0.5, 0.6) is 11.6 Å². The van der Waals surface area contributed by atoms with Gasteiger partial charge < -0.3 is 4.74 Å². The summed E-state index contributed by atoms with van der Waals surface area (Å²) in [5, 5.41) is 4.16. The number of anilines is 1. The Morgan fingerprint density at radius 2 is 2.09 bits per heavy atom. The molecular formula is C15H20FN3O3S. The molecule has 0 aliphatic heterocycles. The average Bonchev–Trinajstić information content (AvgIpc) is 2.64. The highest BCUT2D eigenvalue weighted by atomic mass is 32.2. The van der Waals surface area contributed by atoms with Gasteiger partial charge in [-0.05, 0) is 25.0 Å². The highest BCUT2D eigenvalue weighted by molar-refractivity contribution is 7.92. The molecule has 0 atom stereocenters. The number of aromatic nitrogens is 2. The number of ether oxygens (including phenoxy) is 1. The first-order valence-electron chi connectivity index (χ1n) is 7.15. The molecule has 0 amide bonds. The second-order valence-corrected chi connectivity index (χ2v) is 7.49. The summed E-state index contributed by atoms with van der Waals surface area (Å²) in [4.78, 5) is 0. The van der Waals surface area contributed by atoms with Gasteiger partial charge in [0, 0.05) is 13.1 Å². The maximum absolute atomic E-state index is 13.3. The molecule has 0 aliphatic rings. The highest BCUT2D eigenvalue weighted by Crippen LogP contribution is 2.32. The van der Waals surface area contributed by atoms with Crippen molar-refractivity contribution in [3.05, 3.63) is 35.8 Å². The minimum atomic E-state index is -3.52. The number of benzene rings is 1. The topological polar surface area (TPSA) is 73.2 Å². The highest BCUT2D eigenvalue weighted by Gasteiger charge is 2.22. The molecule has 0 unspecified atom stereocenters. The van der Waals surface area contributed by atoms with Crippen molar-refractivity contribution in [2.45, 2.75) is 20.8 Å². The van der Waals surface area contributed by atoms with Gasteiger partial charge >= 0.3 is 0 Å². The lowest BCUT2D eigenvalue weighted by molar-refractivity contribution is 0.429. The summed E-state index contributed by atoms with van der Waals surface area (Å²) in [5.41, 5.74) is 0.739. The molecule has 0 aliphatic carbocycles. The normalized spacial score (nSPS) is 11.7. The van der Waals surface area contributed by atoms with Crippen molar-refractivity contribution in [2.75, 3.05) is 10.5 Å². The van der Waals surface area contributed by atoms with E-state index in [0.717, 1.165) is 0 Å². The minimum Gasteiger partial charge on any atom is -0.437 e. The lowest BCUT2D eigenvalue weighted by atomic mass is 10.3. The summed E-state index contributed by atoms with van der Waals surface area (Å²) in [6.07, 6.45) is 0. The maximum Gasteiger partial charge on any atom is 0.242 e. The Balaban J connectivity index is 2.34. The van der Waals surface area contributed by atoms with Gasteiger partial charge in [-0.1, -0.05) is 19.9 Å². The van der Waals surface area contributed by atoms with Crippen molar-refractivity contribution >= 4 is 15.7 Å². The fourth-order valence-electron chi connectivity index (χ4n) is 2.15. The van der Waals surface area contributed by atoms with Gasteiger partial charge in [0.15, 0.2) is 0 Å². The van der Waals surface area contributed by atoms with Crippen molar-refractivity contribution in [1.82, 2.24) is 9.78 Å². The molecule has 8 heteroatoms. The van der Waals surface area contributed by atoms with Gasteiger partial charge in [0.05, 0.1) is 11.4 Å². The molecule has 1 N–H and O–H groups in total. The van der Waals surface area contributed by atoms with Gasteiger partial charge in [-0.2, -0.15) is 5.10 Å². The largest absolute Gasteiger partial charge is 0.437 e. The molecule has 23 heavy (non-hydrogen) atoms. The number of nitrogens with one attached hydrogen (secondary N) is 1. The van der Waals surface area contributed by atoms with E-state index in [0.29, 0.717) is 5.69 Å². The number of rotatable bonds is 6. The van der Waals surface area contributed by atoms with Crippen LogP contribution in [-0.2, 0) is 17.1 Å². The maximum atomic E-state index is 13.3. The zero-order chi connectivity index (χ0) is 17.2. The second kappa shape index (κ2) is 6.57. The van der Waals surface area contributed by atoms with Gasteiger partial charge in [0.25, 0.3) is 0 Å². The first kappa shape index (κ1) is 17.3. The zero-order valence-electron chi connectivity index (χ0n) is 13.5. The van der Waals surface area contributed by atoms with E-state index in [1.54, 1.807) is 20.0 Å². The van der Waals surface area contributed by atoms with Crippen LogP contribution in [0.25, 0.3) is 0 Å². The van der Waals surface area contributed by atoms with Gasteiger partial charge in [-0.25, -0.2) is 17.5 Å². The van der Waals surface area contributed by atoms with Crippen LogP contribution in [-0.4, -0.2) is 24.0 Å². The molecule has 2 aromatic rings. The van der Waals surface area contributed by atoms with E-state index < -0.39 is 15.8 Å². The summed E-state index contributed by atoms with van der Waals surface area (Å²) in [7, 11) is -1.90. The van der Waals surface area contributed by atoms with Crippen molar-refractivity contribution in [3.8, 4) is 11.6 Å². The smallest absolute Gasteiger partial charge is 0.242 e.